The highest BCUT2D eigenvalue weighted by Gasteiger charge is 2.32. The molecule has 18 heavy (non-hydrogen) atoms. The van der Waals surface area contributed by atoms with Crippen molar-refractivity contribution in [1.82, 2.24) is 5.32 Å². The maximum Gasteiger partial charge on any atom is 0.331 e. The summed E-state index contributed by atoms with van der Waals surface area (Å²) in [6.07, 6.45) is 0. The van der Waals surface area contributed by atoms with E-state index in [1.165, 1.54) is 11.8 Å². The Morgan fingerprint density at radius 2 is 2.39 bits per heavy atom. The van der Waals surface area contributed by atoms with Crippen LogP contribution in [0.15, 0.2) is 18.2 Å². The van der Waals surface area contributed by atoms with Crippen LogP contribution in [0.1, 0.15) is 18.5 Å². The summed E-state index contributed by atoms with van der Waals surface area (Å²) in [4.78, 5) is 10.9. The van der Waals surface area contributed by atoms with Gasteiger partial charge in [0.15, 0.2) is 16.9 Å². The van der Waals surface area contributed by atoms with E-state index in [4.69, 9.17) is 9.84 Å². The standard InChI is InChI=1S/C12H15NO4S/c1-2-17-9-5-3-4-7(10(9)14)8-6-18-11(13-8)12(15)16/h3-5,8,11,13-14H,2,6H2,1H3,(H,15,16). The fraction of sp³-hybridized carbons (Fsp3) is 0.417. The number of carboxylic acid groups (broad SMARTS) is 1. The SMILES string of the molecule is CCOc1cccc(C2CSC(C(=O)O)N2)c1O. The Morgan fingerprint density at radius 1 is 1.61 bits per heavy atom. The number of carbonyl (C=O) groups is 1. The fourth-order valence-corrected chi connectivity index (χ4v) is 2.95. The topological polar surface area (TPSA) is 78.8 Å². The predicted molar refractivity (Wildman–Crippen MR) is 69.0 cm³/mol. The normalized spacial score (nSPS) is 22.9. The third-order valence-corrected chi connectivity index (χ3v) is 3.91. The zero-order valence-electron chi connectivity index (χ0n) is 9.92. The number of para-hydroxylation sites is 1. The first-order chi connectivity index (χ1) is 8.63. The Hall–Kier alpha value is -1.40. The lowest BCUT2D eigenvalue weighted by atomic mass is 10.1. The van der Waals surface area contributed by atoms with Gasteiger partial charge in [0.25, 0.3) is 0 Å². The molecular weight excluding hydrogens is 254 g/mol. The van der Waals surface area contributed by atoms with Gasteiger partial charge in [0, 0.05) is 17.4 Å². The van der Waals surface area contributed by atoms with Crippen LogP contribution in [0.3, 0.4) is 0 Å². The number of carboxylic acids is 1. The summed E-state index contributed by atoms with van der Waals surface area (Å²) in [6, 6.07) is 5.09. The smallest absolute Gasteiger partial charge is 0.331 e. The lowest BCUT2D eigenvalue weighted by Crippen LogP contribution is -2.30. The Bertz CT molecular complexity index is 452. The fourth-order valence-electron chi connectivity index (χ4n) is 1.89. The number of hydrogen-bond acceptors (Lipinski definition) is 5. The number of nitrogens with one attached hydrogen (secondary N) is 1. The lowest BCUT2D eigenvalue weighted by Gasteiger charge is -2.15. The van der Waals surface area contributed by atoms with Gasteiger partial charge in [-0.15, -0.1) is 11.8 Å². The average Bonchev–Trinajstić information content (AvgIpc) is 2.81. The third-order valence-electron chi connectivity index (χ3n) is 2.71. The van der Waals surface area contributed by atoms with Crippen molar-refractivity contribution in [3.63, 3.8) is 0 Å². The van der Waals surface area contributed by atoms with E-state index >= 15 is 0 Å². The summed E-state index contributed by atoms with van der Waals surface area (Å²) in [5.41, 5.74) is 0.678. The molecule has 1 aromatic rings. The molecular formula is C12H15NO4S. The average molecular weight is 269 g/mol. The van der Waals surface area contributed by atoms with Crippen LogP contribution in [0.4, 0.5) is 0 Å². The first-order valence-electron chi connectivity index (χ1n) is 5.68. The van der Waals surface area contributed by atoms with E-state index < -0.39 is 11.3 Å². The first-order valence-corrected chi connectivity index (χ1v) is 6.73. The monoisotopic (exact) mass is 269 g/mol. The van der Waals surface area contributed by atoms with Crippen LogP contribution in [0.25, 0.3) is 0 Å². The number of hydrogen-bond donors (Lipinski definition) is 3. The van der Waals surface area contributed by atoms with Crippen LogP contribution in [0.2, 0.25) is 0 Å². The van der Waals surface area contributed by atoms with Crippen molar-refractivity contribution in [1.29, 1.82) is 0 Å². The van der Waals surface area contributed by atoms with Gasteiger partial charge in [0.2, 0.25) is 0 Å². The Kier molecular flexibility index (Phi) is 3.98. The molecule has 2 unspecified atom stereocenters. The number of phenols is 1. The van der Waals surface area contributed by atoms with Crippen molar-refractivity contribution in [2.24, 2.45) is 0 Å². The largest absolute Gasteiger partial charge is 0.504 e. The number of thioether (sulfide) groups is 1. The zero-order valence-corrected chi connectivity index (χ0v) is 10.7. The molecule has 1 aromatic carbocycles. The number of ether oxygens (including phenoxy) is 1. The third kappa shape index (κ3) is 2.54. The molecule has 0 aromatic heterocycles. The molecule has 6 heteroatoms. The van der Waals surface area contributed by atoms with Gasteiger partial charge >= 0.3 is 5.97 Å². The summed E-state index contributed by atoms with van der Waals surface area (Å²) in [7, 11) is 0. The van der Waals surface area contributed by atoms with Gasteiger partial charge in [-0.05, 0) is 13.0 Å². The van der Waals surface area contributed by atoms with Gasteiger partial charge in [-0.2, -0.15) is 0 Å². The van der Waals surface area contributed by atoms with Gasteiger partial charge in [-0.25, -0.2) is 4.79 Å². The van der Waals surface area contributed by atoms with Crippen molar-refractivity contribution >= 4 is 17.7 Å². The number of rotatable bonds is 4. The second-order valence-electron chi connectivity index (χ2n) is 3.90. The zero-order chi connectivity index (χ0) is 13.1. The quantitative estimate of drug-likeness (QED) is 0.770. The van der Waals surface area contributed by atoms with Crippen LogP contribution in [-0.2, 0) is 4.79 Å². The predicted octanol–water partition coefficient (Wildman–Crippen LogP) is 1.58. The molecule has 0 bridgehead atoms. The van der Waals surface area contributed by atoms with Crippen LogP contribution in [-0.4, -0.2) is 33.9 Å². The molecule has 0 saturated carbocycles. The van der Waals surface area contributed by atoms with E-state index in [2.05, 4.69) is 5.32 Å². The molecule has 1 fully saturated rings. The van der Waals surface area contributed by atoms with E-state index in [1.54, 1.807) is 18.2 Å². The number of phenolic OH excluding ortho intramolecular Hbond substituents is 1. The van der Waals surface area contributed by atoms with Crippen molar-refractivity contribution in [3.05, 3.63) is 23.8 Å². The minimum atomic E-state index is -0.886. The van der Waals surface area contributed by atoms with Gasteiger partial charge in [-0.3, -0.25) is 5.32 Å². The Morgan fingerprint density at radius 3 is 3.00 bits per heavy atom. The number of benzene rings is 1. The number of aromatic hydroxyl groups is 1. The maximum atomic E-state index is 10.9. The lowest BCUT2D eigenvalue weighted by molar-refractivity contribution is -0.137. The van der Waals surface area contributed by atoms with Gasteiger partial charge in [0.1, 0.15) is 0 Å². The van der Waals surface area contributed by atoms with E-state index in [0.717, 1.165) is 0 Å². The molecule has 1 saturated heterocycles. The Balaban J connectivity index is 2.19. The van der Waals surface area contributed by atoms with E-state index in [-0.39, 0.29) is 11.8 Å². The summed E-state index contributed by atoms with van der Waals surface area (Å²) in [5, 5.41) is 21.3. The van der Waals surface area contributed by atoms with Crippen LogP contribution in [0, 0.1) is 0 Å². The van der Waals surface area contributed by atoms with Crippen LogP contribution >= 0.6 is 11.8 Å². The highest BCUT2D eigenvalue weighted by molar-refractivity contribution is 8.00. The summed E-state index contributed by atoms with van der Waals surface area (Å²) in [5.74, 6) is 0.243. The molecule has 2 rings (SSSR count). The summed E-state index contributed by atoms with van der Waals surface area (Å²) >= 11 is 1.32. The van der Waals surface area contributed by atoms with Crippen molar-refractivity contribution in [2.45, 2.75) is 18.3 Å². The molecule has 1 aliphatic heterocycles. The van der Waals surface area contributed by atoms with Gasteiger partial charge in [0.05, 0.1) is 6.61 Å². The van der Waals surface area contributed by atoms with Crippen LogP contribution < -0.4 is 10.1 Å². The minimum Gasteiger partial charge on any atom is -0.504 e. The van der Waals surface area contributed by atoms with E-state index in [1.807, 2.05) is 6.92 Å². The molecule has 5 nitrogen and oxygen atoms in total. The highest BCUT2D eigenvalue weighted by Crippen LogP contribution is 2.38. The van der Waals surface area contributed by atoms with Crippen molar-refractivity contribution in [3.8, 4) is 11.5 Å². The van der Waals surface area contributed by atoms with Gasteiger partial charge < -0.3 is 14.9 Å². The molecule has 0 amide bonds. The Labute approximate surface area is 109 Å². The number of aliphatic carboxylic acids is 1. The molecule has 3 N–H and O–H groups in total. The molecule has 0 aliphatic carbocycles. The highest BCUT2D eigenvalue weighted by atomic mass is 32.2. The van der Waals surface area contributed by atoms with Crippen LogP contribution in [0.5, 0.6) is 11.5 Å². The van der Waals surface area contributed by atoms with E-state index in [9.17, 15) is 9.90 Å². The summed E-state index contributed by atoms with van der Waals surface area (Å²) < 4.78 is 5.31. The minimum absolute atomic E-state index is 0.0866. The van der Waals surface area contributed by atoms with Gasteiger partial charge in [-0.1, -0.05) is 12.1 Å². The van der Waals surface area contributed by atoms with E-state index in [0.29, 0.717) is 23.7 Å². The van der Waals surface area contributed by atoms with Crippen molar-refractivity contribution < 1.29 is 19.7 Å². The molecule has 1 heterocycles. The molecule has 98 valence electrons. The molecule has 2 atom stereocenters. The molecule has 0 spiro atoms. The van der Waals surface area contributed by atoms with Crippen molar-refractivity contribution in [2.75, 3.05) is 12.4 Å². The first kappa shape index (κ1) is 13.0. The summed E-state index contributed by atoms with van der Waals surface area (Å²) in [6.45, 7) is 2.32. The maximum absolute atomic E-state index is 10.9. The second kappa shape index (κ2) is 5.49. The second-order valence-corrected chi connectivity index (χ2v) is 5.04. The molecule has 0 radical (unpaired) electrons. The molecule has 1 aliphatic rings.